The quantitative estimate of drug-likeness (QED) is 0.749. The van der Waals surface area contributed by atoms with Gasteiger partial charge in [0.15, 0.2) is 0 Å². The van der Waals surface area contributed by atoms with E-state index in [0.717, 1.165) is 61.8 Å². The normalized spacial score (nSPS) is 18.7. The van der Waals surface area contributed by atoms with E-state index in [-0.39, 0.29) is 12.1 Å². The summed E-state index contributed by atoms with van der Waals surface area (Å²) in [5, 5.41) is 2.98. The highest BCUT2D eigenvalue weighted by Gasteiger charge is 2.24. The molecule has 1 aliphatic carbocycles. The molecule has 3 aliphatic rings. The number of likely N-dealkylation sites (tertiary alicyclic amines) is 1. The van der Waals surface area contributed by atoms with E-state index in [0.29, 0.717) is 6.54 Å². The minimum Gasteiger partial charge on any atom is -0.460 e. The summed E-state index contributed by atoms with van der Waals surface area (Å²) in [4.78, 5) is 21.4. The highest BCUT2D eigenvalue weighted by atomic mass is 16.3. The molecule has 0 bridgehead atoms. The first-order valence-corrected chi connectivity index (χ1v) is 11.8. The third kappa shape index (κ3) is 4.37. The summed E-state index contributed by atoms with van der Waals surface area (Å²) in [5.74, 6) is 1.91. The lowest BCUT2D eigenvalue weighted by Crippen LogP contribution is -2.44. The molecule has 0 atom stereocenters. The molecule has 6 heteroatoms. The topological polar surface area (TPSA) is 61.6 Å². The molecule has 1 fully saturated rings. The van der Waals surface area contributed by atoms with Gasteiger partial charge in [-0.25, -0.2) is 4.79 Å². The largest absolute Gasteiger partial charge is 0.460 e. The van der Waals surface area contributed by atoms with Gasteiger partial charge in [0.05, 0.1) is 12.2 Å². The second-order valence-corrected chi connectivity index (χ2v) is 9.32. The molecule has 2 amide bonds. The van der Waals surface area contributed by atoms with Crippen LogP contribution in [0.2, 0.25) is 0 Å². The minimum absolute atomic E-state index is 0.0163. The first-order chi connectivity index (χ1) is 15.6. The van der Waals surface area contributed by atoms with Crippen molar-refractivity contribution in [3.8, 4) is 11.3 Å². The van der Waals surface area contributed by atoms with Gasteiger partial charge in [0.25, 0.3) is 0 Å². The summed E-state index contributed by atoms with van der Waals surface area (Å²) in [6.07, 6.45) is 10.7. The fraction of sp³-hybridized carbons (Fsp3) is 0.462. The van der Waals surface area contributed by atoms with E-state index in [4.69, 9.17) is 9.40 Å². The molecule has 4 heterocycles. The minimum atomic E-state index is 0.0163. The van der Waals surface area contributed by atoms with E-state index in [2.05, 4.69) is 40.6 Å². The molecule has 6 nitrogen and oxygen atoms in total. The summed E-state index contributed by atoms with van der Waals surface area (Å²) in [5.41, 5.74) is 5.92. The third-order valence-corrected chi connectivity index (χ3v) is 6.54. The predicted molar refractivity (Wildman–Crippen MR) is 126 cm³/mol. The molecule has 2 aliphatic heterocycles. The number of allylic oxidation sites excluding steroid dienone is 2. The molecule has 2 aromatic heterocycles. The first-order valence-electron chi connectivity index (χ1n) is 11.8. The van der Waals surface area contributed by atoms with Crippen LogP contribution in [0.5, 0.6) is 0 Å². The van der Waals surface area contributed by atoms with E-state index >= 15 is 0 Å². The Hall–Kier alpha value is -2.86. The Morgan fingerprint density at radius 3 is 2.78 bits per heavy atom. The number of carbonyl (C=O) groups is 1. The Morgan fingerprint density at radius 2 is 2.03 bits per heavy atom. The molecule has 32 heavy (non-hydrogen) atoms. The number of rotatable bonds is 5. The summed E-state index contributed by atoms with van der Waals surface area (Å²) in [6, 6.07) is 6.55. The fourth-order valence-corrected chi connectivity index (χ4v) is 4.85. The SMILES string of the molecule is CC(C)NC(=O)N1CC=C(C2=CCc3ncc(-c4ccc(CN5CCCC5)o4)cc32)CC1. The number of hydrogen-bond acceptors (Lipinski definition) is 4. The zero-order chi connectivity index (χ0) is 22.1. The molecular formula is C26H32N4O2. The van der Waals surface area contributed by atoms with Gasteiger partial charge in [0.2, 0.25) is 0 Å². The van der Waals surface area contributed by atoms with Gasteiger partial charge in [-0.1, -0.05) is 12.2 Å². The van der Waals surface area contributed by atoms with Crippen LogP contribution in [-0.4, -0.2) is 53.0 Å². The van der Waals surface area contributed by atoms with Crippen molar-refractivity contribution in [3.63, 3.8) is 0 Å². The highest BCUT2D eigenvalue weighted by Crippen LogP contribution is 2.37. The van der Waals surface area contributed by atoms with Crippen LogP contribution in [0.25, 0.3) is 16.9 Å². The Bertz CT molecular complexity index is 1060. The van der Waals surface area contributed by atoms with Gasteiger partial charge in [-0.05, 0) is 75.5 Å². The Balaban J connectivity index is 1.30. The number of nitrogens with one attached hydrogen (secondary N) is 1. The summed E-state index contributed by atoms with van der Waals surface area (Å²) >= 11 is 0. The standard InChI is InChI=1S/C26H32N4O2/c1-18(2)28-26(31)30-13-9-19(10-14-30)22-6-7-24-23(22)15-20(16-27-24)25-8-5-21(32-25)17-29-11-3-4-12-29/h5-6,8-9,15-16,18H,3-4,7,10-14,17H2,1-2H3,(H,28,31). The van der Waals surface area contributed by atoms with Crippen molar-refractivity contribution >= 4 is 11.6 Å². The number of nitrogens with zero attached hydrogens (tertiary/aromatic N) is 3. The Labute approximate surface area is 190 Å². The van der Waals surface area contributed by atoms with Gasteiger partial charge in [-0.3, -0.25) is 9.88 Å². The zero-order valence-corrected chi connectivity index (χ0v) is 19.1. The van der Waals surface area contributed by atoms with Crippen LogP contribution >= 0.6 is 0 Å². The van der Waals surface area contributed by atoms with Crippen LogP contribution < -0.4 is 5.32 Å². The van der Waals surface area contributed by atoms with Crippen molar-refractivity contribution in [1.29, 1.82) is 0 Å². The average Bonchev–Trinajstić information content (AvgIpc) is 3.54. The summed E-state index contributed by atoms with van der Waals surface area (Å²) < 4.78 is 6.18. The van der Waals surface area contributed by atoms with Crippen molar-refractivity contribution in [2.75, 3.05) is 26.2 Å². The number of amides is 2. The molecule has 0 aromatic carbocycles. The number of urea groups is 1. The molecular weight excluding hydrogens is 400 g/mol. The molecule has 1 saturated heterocycles. The summed E-state index contributed by atoms with van der Waals surface area (Å²) in [6.45, 7) is 8.57. The maximum absolute atomic E-state index is 12.3. The molecule has 5 rings (SSSR count). The monoisotopic (exact) mass is 432 g/mol. The smallest absolute Gasteiger partial charge is 0.317 e. The summed E-state index contributed by atoms with van der Waals surface area (Å²) in [7, 11) is 0. The number of pyridine rings is 1. The van der Waals surface area contributed by atoms with Crippen LogP contribution in [0, 0.1) is 0 Å². The lowest BCUT2D eigenvalue weighted by molar-refractivity contribution is 0.199. The number of hydrogen-bond donors (Lipinski definition) is 1. The van der Waals surface area contributed by atoms with Gasteiger partial charge in [0, 0.05) is 42.9 Å². The molecule has 2 aromatic rings. The highest BCUT2D eigenvalue weighted by molar-refractivity contribution is 5.85. The average molecular weight is 433 g/mol. The Morgan fingerprint density at radius 1 is 1.19 bits per heavy atom. The van der Waals surface area contributed by atoms with E-state index in [1.54, 1.807) is 0 Å². The van der Waals surface area contributed by atoms with Gasteiger partial charge in [-0.15, -0.1) is 0 Å². The lowest BCUT2D eigenvalue weighted by Gasteiger charge is -2.28. The van der Waals surface area contributed by atoms with Crippen molar-refractivity contribution in [2.24, 2.45) is 0 Å². The Kier molecular flexibility index (Phi) is 5.87. The van der Waals surface area contributed by atoms with Crippen molar-refractivity contribution in [2.45, 2.75) is 52.1 Å². The van der Waals surface area contributed by atoms with Crippen LogP contribution in [0.4, 0.5) is 4.79 Å². The number of carbonyl (C=O) groups excluding carboxylic acids is 1. The molecule has 0 saturated carbocycles. The van der Waals surface area contributed by atoms with Crippen LogP contribution in [0.15, 0.2) is 46.5 Å². The third-order valence-electron chi connectivity index (χ3n) is 6.54. The predicted octanol–water partition coefficient (Wildman–Crippen LogP) is 4.63. The second kappa shape index (κ2) is 8.94. The van der Waals surface area contributed by atoms with Crippen LogP contribution in [-0.2, 0) is 13.0 Å². The van der Waals surface area contributed by atoms with Gasteiger partial charge >= 0.3 is 6.03 Å². The molecule has 168 valence electrons. The second-order valence-electron chi connectivity index (χ2n) is 9.32. The number of aromatic nitrogens is 1. The van der Waals surface area contributed by atoms with E-state index in [9.17, 15) is 4.79 Å². The number of fused-ring (bicyclic) bond motifs is 1. The van der Waals surface area contributed by atoms with Crippen molar-refractivity contribution < 1.29 is 9.21 Å². The molecule has 0 unspecified atom stereocenters. The molecule has 0 radical (unpaired) electrons. The molecule has 0 spiro atoms. The van der Waals surface area contributed by atoms with Crippen molar-refractivity contribution in [3.05, 3.63) is 59.1 Å². The van der Waals surface area contributed by atoms with Gasteiger partial charge < -0.3 is 14.6 Å². The first kappa shape index (κ1) is 21.0. The fourth-order valence-electron chi connectivity index (χ4n) is 4.85. The maximum atomic E-state index is 12.3. The van der Waals surface area contributed by atoms with Crippen LogP contribution in [0.3, 0.4) is 0 Å². The van der Waals surface area contributed by atoms with Gasteiger partial charge in [0.1, 0.15) is 11.5 Å². The van der Waals surface area contributed by atoms with E-state index in [1.165, 1.54) is 29.6 Å². The number of furan rings is 1. The van der Waals surface area contributed by atoms with Gasteiger partial charge in [-0.2, -0.15) is 0 Å². The van der Waals surface area contributed by atoms with Crippen molar-refractivity contribution in [1.82, 2.24) is 20.1 Å². The maximum Gasteiger partial charge on any atom is 0.317 e. The van der Waals surface area contributed by atoms with E-state index in [1.807, 2.05) is 24.9 Å². The molecule has 1 N–H and O–H groups in total. The van der Waals surface area contributed by atoms with E-state index < -0.39 is 0 Å². The lowest BCUT2D eigenvalue weighted by atomic mass is 9.95. The zero-order valence-electron chi connectivity index (χ0n) is 19.1. The van der Waals surface area contributed by atoms with Crippen LogP contribution in [0.1, 0.15) is 50.1 Å².